The Hall–Kier alpha value is -3.30. The number of anilines is 1. The summed E-state index contributed by atoms with van der Waals surface area (Å²) in [6.45, 7) is 9.78. The molecule has 0 saturated heterocycles. The maximum atomic E-state index is 13.0. The third-order valence-corrected chi connectivity index (χ3v) is 5.05. The minimum absolute atomic E-state index is 0.118. The highest BCUT2D eigenvalue weighted by atomic mass is 19.4. The maximum Gasteiger partial charge on any atom is 0.416 e. The molecule has 1 aliphatic heterocycles. The van der Waals surface area contributed by atoms with E-state index in [1.165, 1.54) is 23.1 Å². The Kier molecular flexibility index (Phi) is 6.85. The van der Waals surface area contributed by atoms with E-state index in [0.29, 0.717) is 36.5 Å². The van der Waals surface area contributed by atoms with Gasteiger partial charge in [0.2, 0.25) is 5.91 Å². The number of hydrogen-bond donors (Lipinski definition) is 1. The van der Waals surface area contributed by atoms with Crippen LogP contribution in [0.2, 0.25) is 0 Å². The highest BCUT2D eigenvalue weighted by molar-refractivity contribution is 5.88. The lowest BCUT2D eigenvalue weighted by Gasteiger charge is -2.35. The zero-order valence-electron chi connectivity index (χ0n) is 18.8. The molecule has 33 heavy (non-hydrogen) atoms. The molecule has 3 rings (SSSR count). The van der Waals surface area contributed by atoms with Gasteiger partial charge in [-0.2, -0.15) is 18.3 Å². The predicted molar refractivity (Wildman–Crippen MR) is 117 cm³/mol. The van der Waals surface area contributed by atoms with Crippen LogP contribution in [0, 0.1) is 5.92 Å². The molecular weight excluding hydrogens is 437 g/mol. The van der Waals surface area contributed by atoms with E-state index in [4.69, 9.17) is 4.74 Å². The Balaban J connectivity index is 1.87. The van der Waals surface area contributed by atoms with Crippen LogP contribution in [0.5, 0.6) is 0 Å². The number of fused-ring (bicyclic) bond motifs is 1. The van der Waals surface area contributed by atoms with E-state index in [1.54, 1.807) is 31.6 Å². The lowest BCUT2D eigenvalue weighted by Crippen LogP contribution is -2.48. The van der Waals surface area contributed by atoms with Crippen molar-refractivity contribution in [2.45, 2.75) is 45.5 Å². The number of aromatic nitrogens is 2. The summed E-state index contributed by atoms with van der Waals surface area (Å²) >= 11 is 0. The average Bonchev–Trinajstić information content (AvgIpc) is 3.12. The number of halogens is 3. The molecule has 7 nitrogen and oxygen atoms in total. The monoisotopic (exact) mass is 464 g/mol. The zero-order chi connectivity index (χ0) is 24.4. The predicted octanol–water partition coefficient (Wildman–Crippen LogP) is 4.17. The highest BCUT2D eigenvalue weighted by Gasteiger charge is 2.35. The fourth-order valence-corrected chi connectivity index (χ4v) is 3.59. The van der Waals surface area contributed by atoms with Gasteiger partial charge in [0.25, 0.3) is 0 Å². The first-order valence-electron chi connectivity index (χ1n) is 10.5. The van der Waals surface area contributed by atoms with Crippen LogP contribution in [0.15, 0.2) is 43.1 Å². The van der Waals surface area contributed by atoms with Gasteiger partial charge in [0.05, 0.1) is 11.8 Å². The summed E-state index contributed by atoms with van der Waals surface area (Å²) in [5.41, 5.74) is -0.0972. The van der Waals surface area contributed by atoms with Gasteiger partial charge in [0.15, 0.2) is 0 Å². The highest BCUT2D eigenvalue weighted by Crippen LogP contribution is 2.32. The van der Waals surface area contributed by atoms with Gasteiger partial charge in [-0.25, -0.2) is 9.48 Å². The standard InChI is InChI=1S/C23H27F3N4O3/c1-5-19(31)27-11-16-13-29(21(32)33-22(2,3)4)20-17(12-28-30(20)14-16)10-15-6-8-18(9-7-15)23(24,25)26/h5-9,12,16H,1,10-11,13-14H2,2-4H3,(H,27,31). The summed E-state index contributed by atoms with van der Waals surface area (Å²) in [7, 11) is 0. The molecule has 0 aliphatic carbocycles. The van der Waals surface area contributed by atoms with Crippen molar-refractivity contribution in [2.75, 3.05) is 18.0 Å². The Morgan fingerprint density at radius 1 is 1.21 bits per heavy atom. The van der Waals surface area contributed by atoms with Crippen molar-refractivity contribution in [1.82, 2.24) is 15.1 Å². The first kappa shape index (κ1) is 24.3. The summed E-state index contributed by atoms with van der Waals surface area (Å²) in [6, 6.07) is 4.91. The second-order valence-electron chi connectivity index (χ2n) is 8.95. The zero-order valence-corrected chi connectivity index (χ0v) is 18.8. The number of benzene rings is 1. The van der Waals surface area contributed by atoms with Gasteiger partial charge in [-0.15, -0.1) is 0 Å². The number of carbonyl (C=O) groups is 2. The van der Waals surface area contributed by atoms with Gasteiger partial charge in [-0.05, 0) is 44.5 Å². The van der Waals surface area contributed by atoms with E-state index in [1.807, 2.05) is 0 Å². The molecule has 10 heteroatoms. The van der Waals surface area contributed by atoms with E-state index in [9.17, 15) is 22.8 Å². The van der Waals surface area contributed by atoms with Crippen LogP contribution < -0.4 is 10.2 Å². The average molecular weight is 464 g/mol. The topological polar surface area (TPSA) is 76.5 Å². The first-order valence-corrected chi connectivity index (χ1v) is 10.5. The maximum absolute atomic E-state index is 13.0. The van der Waals surface area contributed by atoms with Crippen LogP contribution in [0.4, 0.5) is 23.8 Å². The fraction of sp³-hybridized carbons (Fsp3) is 0.435. The molecule has 0 bridgehead atoms. The number of nitrogens with zero attached hydrogens (tertiary/aromatic N) is 3. The van der Waals surface area contributed by atoms with Gasteiger partial charge in [-0.1, -0.05) is 18.7 Å². The van der Waals surface area contributed by atoms with Gasteiger partial charge < -0.3 is 10.1 Å². The van der Waals surface area contributed by atoms with E-state index >= 15 is 0 Å². The quantitative estimate of drug-likeness (QED) is 0.674. The van der Waals surface area contributed by atoms with Crippen LogP contribution in [-0.2, 0) is 28.7 Å². The number of alkyl halides is 3. The molecule has 1 aromatic carbocycles. The second-order valence-corrected chi connectivity index (χ2v) is 8.95. The molecule has 1 unspecified atom stereocenters. The van der Waals surface area contributed by atoms with Crippen LogP contribution >= 0.6 is 0 Å². The van der Waals surface area contributed by atoms with Crippen LogP contribution in [-0.4, -0.2) is 40.5 Å². The van der Waals surface area contributed by atoms with Crippen molar-refractivity contribution in [1.29, 1.82) is 0 Å². The minimum atomic E-state index is -4.40. The smallest absolute Gasteiger partial charge is 0.416 e. The Bertz CT molecular complexity index is 1020. The Morgan fingerprint density at radius 3 is 2.45 bits per heavy atom. The van der Waals surface area contributed by atoms with E-state index < -0.39 is 23.4 Å². The fourth-order valence-electron chi connectivity index (χ4n) is 3.59. The lowest BCUT2D eigenvalue weighted by molar-refractivity contribution is -0.137. The van der Waals surface area contributed by atoms with Gasteiger partial charge in [0.1, 0.15) is 11.4 Å². The minimum Gasteiger partial charge on any atom is -0.443 e. The number of nitrogens with one attached hydrogen (secondary N) is 1. The summed E-state index contributed by atoms with van der Waals surface area (Å²) in [6.07, 6.45) is -1.88. The summed E-state index contributed by atoms with van der Waals surface area (Å²) < 4.78 is 45.8. The third-order valence-electron chi connectivity index (χ3n) is 5.05. The van der Waals surface area contributed by atoms with Gasteiger partial charge in [-0.3, -0.25) is 9.69 Å². The molecule has 0 radical (unpaired) electrons. The molecule has 1 aromatic heterocycles. The molecule has 178 valence electrons. The number of hydrogen-bond acceptors (Lipinski definition) is 4. The SMILES string of the molecule is C=CC(=O)NCC1CN(C(=O)OC(C)(C)C)c2c(Cc3ccc(C(F)(F)F)cc3)cnn2C1. The van der Waals surface area contributed by atoms with Crippen molar-refractivity contribution in [2.24, 2.45) is 5.92 Å². The summed E-state index contributed by atoms with van der Waals surface area (Å²) in [5.74, 6) is 0.108. The van der Waals surface area contributed by atoms with Gasteiger partial charge in [0, 0.05) is 37.5 Å². The first-order chi connectivity index (χ1) is 15.4. The largest absolute Gasteiger partial charge is 0.443 e. The molecular formula is C23H27F3N4O3. The van der Waals surface area contributed by atoms with Crippen molar-refractivity contribution >= 4 is 17.8 Å². The number of ether oxygens (including phenoxy) is 1. The Morgan fingerprint density at radius 2 is 1.88 bits per heavy atom. The number of rotatable bonds is 5. The molecule has 2 aromatic rings. The molecule has 1 aliphatic rings. The summed E-state index contributed by atoms with van der Waals surface area (Å²) in [5, 5.41) is 7.13. The van der Waals surface area contributed by atoms with Crippen LogP contribution in [0.3, 0.4) is 0 Å². The normalized spacial score (nSPS) is 16.2. The molecule has 2 heterocycles. The van der Waals surface area contributed by atoms with E-state index in [-0.39, 0.29) is 18.4 Å². The second kappa shape index (κ2) is 9.29. The third kappa shape index (κ3) is 6.15. The molecule has 0 saturated carbocycles. The van der Waals surface area contributed by atoms with Crippen molar-refractivity contribution in [3.63, 3.8) is 0 Å². The van der Waals surface area contributed by atoms with E-state index in [2.05, 4.69) is 17.0 Å². The van der Waals surface area contributed by atoms with E-state index in [0.717, 1.165) is 12.1 Å². The molecule has 1 N–H and O–H groups in total. The van der Waals surface area contributed by atoms with Crippen molar-refractivity contribution < 1.29 is 27.5 Å². The molecule has 0 fully saturated rings. The number of carbonyl (C=O) groups excluding carboxylic acids is 2. The van der Waals surface area contributed by atoms with Crippen molar-refractivity contribution in [3.05, 3.63) is 59.8 Å². The molecule has 2 amide bonds. The molecule has 0 spiro atoms. The Labute approximate surface area is 190 Å². The van der Waals surface area contributed by atoms with Crippen LogP contribution in [0.25, 0.3) is 0 Å². The molecule has 1 atom stereocenters. The lowest BCUT2D eigenvalue weighted by atomic mass is 10.0. The van der Waals surface area contributed by atoms with Gasteiger partial charge >= 0.3 is 12.3 Å². The van der Waals surface area contributed by atoms with Crippen LogP contribution in [0.1, 0.15) is 37.5 Å². The number of amides is 2. The summed E-state index contributed by atoms with van der Waals surface area (Å²) in [4.78, 5) is 26.1. The van der Waals surface area contributed by atoms with Crippen molar-refractivity contribution in [3.8, 4) is 0 Å².